The van der Waals surface area contributed by atoms with E-state index in [-0.39, 0.29) is 0 Å². The Hall–Kier alpha value is -7.36. The molecule has 7 aliphatic heterocycles. The Morgan fingerprint density at radius 1 is 0.202 bits per heavy atom. The summed E-state index contributed by atoms with van der Waals surface area (Å²) in [6, 6.07) is 50.3. The zero-order valence-electron chi connectivity index (χ0n) is 50.1. The third kappa shape index (κ3) is 17.4. The molecule has 8 aromatic rings. The Bertz CT molecular complexity index is 2720. The van der Waals surface area contributed by atoms with Crippen molar-refractivity contribution in [3.8, 4) is 23.0 Å². The summed E-state index contributed by atoms with van der Waals surface area (Å²) >= 11 is 0. The minimum atomic E-state index is 0.395. The van der Waals surface area contributed by atoms with E-state index in [1.807, 2.05) is 0 Å². The maximum absolute atomic E-state index is 6.27. The topological polar surface area (TPSA) is 111 Å². The Balaban J connectivity index is 0.850. The van der Waals surface area contributed by atoms with Gasteiger partial charge < -0.3 is 56.8 Å². The lowest BCUT2D eigenvalue weighted by Crippen LogP contribution is -2.04. The van der Waals surface area contributed by atoms with Gasteiger partial charge in [-0.3, -0.25) is 0 Å². The molecular weight excluding hydrogens is 1060 g/mol. The largest absolute Gasteiger partial charge is 0.496 e. The molecule has 12 nitrogen and oxygen atoms in total. The van der Waals surface area contributed by atoms with Crippen molar-refractivity contribution >= 4 is 0 Å². The van der Waals surface area contributed by atoms with Crippen LogP contribution in [0.3, 0.4) is 0 Å². The van der Waals surface area contributed by atoms with Crippen LogP contribution in [0.1, 0.15) is 111 Å². The molecule has 0 N–H and O–H groups in total. The number of aryl methyl sites for hydroxylation is 4. The molecule has 12 heteroatoms. The number of ether oxygens (including phenoxy) is 12. The lowest BCUT2D eigenvalue weighted by Gasteiger charge is -2.17. The zero-order valence-corrected chi connectivity index (χ0v) is 50.1. The van der Waals surface area contributed by atoms with E-state index < -0.39 is 0 Å². The molecule has 0 aromatic heterocycles. The predicted octanol–water partition coefficient (Wildman–Crippen LogP) is 15.0. The van der Waals surface area contributed by atoms with Crippen LogP contribution in [-0.2, 0) is 144 Å². The Morgan fingerprint density at radius 3 is 0.429 bits per heavy atom. The summed E-state index contributed by atoms with van der Waals surface area (Å²) in [6.45, 7) is 15.1. The number of benzene rings is 8. The Kier molecular flexibility index (Phi) is 22.6. The summed E-state index contributed by atoms with van der Waals surface area (Å²) < 4.78 is 73.9. The van der Waals surface area contributed by atoms with E-state index >= 15 is 0 Å². The van der Waals surface area contributed by atoms with Crippen molar-refractivity contribution in [3.05, 3.63) is 257 Å². The maximum Gasteiger partial charge on any atom is 0.129 e. The van der Waals surface area contributed by atoms with Gasteiger partial charge in [-0.25, -0.2) is 0 Å². The van der Waals surface area contributed by atoms with E-state index in [9.17, 15) is 0 Å². The van der Waals surface area contributed by atoms with Crippen LogP contribution in [0.4, 0.5) is 0 Å². The van der Waals surface area contributed by atoms with Crippen LogP contribution in [0.15, 0.2) is 146 Å². The van der Waals surface area contributed by atoms with E-state index in [0.717, 1.165) is 134 Å². The van der Waals surface area contributed by atoms with Crippen molar-refractivity contribution in [2.75, 3.05) is 28.4 Å². The summed E-state index contributed by atoms with van der Waals surface area (Å²) in [7, 11) is 6.79. The van der Waals surface area contributed by atoms with Gasteiger partial charge in [-0.05, 0) is 72.2 Å². The molecule has 0 fully saturated rings. The van der Waals surface area contributed by atoms with Crippen LogP contribution >= 0.6 is 0 Å². The standard InChI is InChI=1S/C72H80O12/c1-49-25-61-41-77-33-53-9-13-55(14-10-53)35-79-43-63-27-50(2)29-65(70(63)74-6)45-81-37-57-17-21-59(22-18-57)39-83-47-67-31-52(4)32-68(72(67)76-8)48-84-40-60-23-19-58(20-24-60)38-82-46-66-30-51(3)28-64(71(66)75-7)44-80-36-56-15-11-54(12-16-56)34-78-42-62(26-49)69(61)73-5/h9-32H,33-48H2,1-8H3. The van der Waals surface area contributed by atoms with Crippen LogP contribution in [0, 0.1) is 27.7 Å². The lowest BCUT2D eigenvalue weighted by atomic mass is 10.1. The minimum absolute atomic E-state index is 0.395. The highest BCUT2D eigenvalue weighted by molar-refractivity contribution is 5.47. The number of methoxy groups -OCH3 is 4. The lowest BCUT2D eigenvalue weighted by molar-refractivity contribution is 0.0976. The second kappa shape index (κ2) is 31.0. The fourth-order valence-corrected chi connectivity index (χ4v) is 10.8. The monoisotopic (exact) mass is 1140 g/mol. The highest BCUT2D eigenvalue weighted by Gasteiger charge is 2.17. The Labute approximate surface area is 496 Å². The predicted molar refractivity (Wildman–Crippen MR) is 325 cm³/mol. The summed E-state index contributed by atoms with van der Waals surface area (Å²) in [5.74, 6) is 3.12. The van der Waals surface area contributed by atoms with E-state index in [1.54, 1.807) is 28.4 Å². The molecule has 0 radical (unpaired) electrons. The van der Waals surface area contributed by atoms with E-state index in [4.69, 9.17) is 56.8 Å². The minimum Gasteiger partial charge on any atom is -0.496 e. The third-order valence-corrected chi connectivity index (χ3v) is 14.7. The number of hydrogen-bond acceptors (Lipinski definition) is 12. The molecule has 440 valence electrons. The molecule has 84 heavy (non-hydrogen) atoms. The van der Waals surface area contributed by atoms with Crippen LogP contribution in [0.5, 0.6) is 23.0 Å². The van der Waals surface area contributed by atoms with Gasteiger partial charge in [0.2, 0.25) is 0 Å². The average molecular weight is 1140 g/mol. The van der Waals surface area contributed by atoms with Crippen molar-refractivity contribution in [1.29, 1.82) is 0 Å². The maximum atomic E-state index is 6.27. The first-order valence-electron chi connectivity index (χ1n) is 28.6. The highest BCUT2D eigenvalue weighted by atomic mass is 16.5. The van der Waals surface area contributed by atoms with Gasteiger partial charge >= 0.3 is 0 Å². The molecule has 0 amide bonds. The number of rotatable bonds is 4. The van der Waals surface area contributed by atoms with Crippen molar-refractivity contribution in [1.82, 2.24) is 0 Å². The molecule has 0 saturated heterocycles. The first-order valence-corrected chi connectivity index (χ1v) is 28.6. The molecular formula is C72H80O12. The van der Waals surface area contributed by atoms with Gasteiger partial charge in [-0.2, -0.15) is 0 Å². The van der Waals surface area contributed by atoms with Gasteiger partial charge in [0.15, 0.2) is 0 Å². The molecule has 16 bridgehead atoms. The van der Waals surface area contributed by atoms with Gasteiger partial charge in [0, 0.05) is 44.5 Å². The highest BCUT2D eigenvalue weighted by Crippen LogP contribution is 2.33. The summed E-state index contributed by atoms with van der Waals surface area (Å²) in [6.07, 6.45) is 0. The second-order valence-electron chi connectivity index (χ2n) is 21.7. The number of hydrogen-bond donors (Lipinski definition) is 0. The van der Waals surface area contributed by atoms with Gasteiger partial charge in [0.1, 0.15) is 23.0 Å². The van der Waals surface area contributed by atoms with Gasteiger partial charge in [0.25, 0.3) is 0 Å². The van der Waals surface area contributed by atoms with E-state index in [0.29, 0.717) is 106 Å². The molecule has 0 atom stereocenters. The first-order chi connectivity index (χ1) is 41.0. The second-order valence-corrected chi connectivity index (χ2v) is 21.7. The van der Waals surface area contributed by atoms with Crippen molar-refractivity contribution < 1.29 is 56.8 Å². The molecule has 0 unspecified atom stereocenters. The van der Waals surface area contributed by atoms with Gasteiger partial charge in [0.05, 0.1) is 134 Å². The van der Waals surface area contributed by atoms with Crippen molar-refractivity contribution in [3.63, 3.8) is 0 Å². The Morgan fingerprint density at radius 2 is 0.321 bits per heavy atom. The zero-order chi connectivity index (χ0) is 58.6. The van der Waals surface area contributed by atoms with E-state index in [2.05, 4.69) is 173 Å². The molecule has 7 aliphatic rings. The molecule has 8 aromatic carbocycles. The quantitative estimate of drug-likeness (QED) is 0.167. The normalized spacial score (nSPS) is 15.0. The SMILES string of the molecule is COc1c2cc(C)cc1COCc1ccc(cc1)COCc1cc(C)cc(c1OC)COCc1ccc(cc1)COCc1cc(C)cc(c1OC)COCc1ccc(cc1)COCc1cc(C)cc(c1OC)COCc1ccc(cc1)COC2. The van der Waals surface area contributed by atoms with E-state index in [1.165, 1.54) is 0 Å². The molecule has 0 spiro atoms. The summed E-state index contributed by atoms with van der Waals surface area (Å²) in [4.78, 5) is 0. The molecule has 7 heterocycles. The summed E-state index contributed by atoms with van der Waals surface area (Å²) in [5.41, 5.74) is 20.8. The van der Waals surface area contributed by atoms with Crippen molar-refractivity contribution in [2.45, 2.75) is 133 Å². The molecule has 15 rings (SSSR count). The van der Waals surface area contributed by atoms with Gasteiger partial charge in [-0.15, -0.1) is 0 Å². The fraction of sp³-hybridized carbons (Fsp3) is 0.333. The van der Waals surface area contributed by atoms with Crippen LogP contribution in [0.25, 0.3) is 0 Å². The first kappa shape index (κ1) is 61.2. The van der Waals surface area contributed by atoms with Crippen molar-refractivity contribution in [2.24, 2.45) is 0 Å². The molecule has 0 aliphatic carbocycles. The van der Waals surface area contributed by atoms with Crippen LogP contribution in [0.2, 0.25) is 0 Å². The fourth-order valence-electron chi connectivity index (χ4n) is 10.8. The smallest absolute Gasteiger partial charge is 0.129 e. The van der Waals surface area contributed by atoms with Crippen LogP contribution in [-0.4, -0.2) is 28.4 Å². The average Bonchev–Trinajstić information content (AvgIpc) is 3.69. The summed E-state index contributed by atoms with van der Waals surface area (Å²) in [5, 5.41) is 0. The van der Waals surface area contributed by atoms with Gasteiger partial charge in [-0.1, -0.05) is 168 Å². The molecule has 0 saturated carbocycles. The third-order valence-electron chi connectivity index (χ3n) is 14.7. The van der Waals surface area contributed by atoms with Crippen LogP contribution < -0.4 is 18.9 Å².